The molecule has 0 atom stereocenters. The first-order valence-electron chi connectivity index (χ1n) is 9.84. The number of carbonyl (C=O) groups is 3. The van der Waals surface area contributed by atoms with Crippen molar-refractivity contribution >= 4 is 34.3 Å². The summed E-state index contributed by atoms with van der Waals surface area (Å²) in [6, 6.07) is 17.2. The van der Waals surface area contributed by atoms with Crippen molar-refractivity contribution in [2.45, 2.75) is 19.4 Å². The molecule has 4 rings (SSSR count). The van der Waals surface area contributed by atoms with E-state index in [2.05, 4.69) is 10.3 Å². The highest BCUT2D eigenvalue weighted by atomic mass is 32.1. The molecule has 0 saturated heterocycles. The second-order valence-corrected chi connectivity index (χ2v) is 8.21. The van der Waals surface area contributed by atoms with Gasteiger partial charge in [0.2, 0.25) is 5.91 Å². The fourth-order valence-electron chi connectivity index (χ4n) is 3.48. The van der Waals surface area contributed by atoms with Gasteiger partial charge < -0.3 is 15.0 Å². The molecule has 8 heteroatoms. The molecule has 7 nitrogen and oxygen atoms in total. The molecular weight excluding hydrogens is 414 g/mol. The zero-order valence-electron chi connectivity index (χ0n) is 17.0. The molecule has 1 aliphatic heterocycles. The Morgan fingerprint density at radius 3 is 2.61 bits per heavy atom. The number of hydrogen-bond acceptors (Lipinski definition) is 6. The summed E-state index contributed by atoms with van der Waals surface area (Å²) >= 11 is 1.25. The Labute approximate surface area is 183 Å². The zero-order valence-corrected chi connectivity index (χ0v) is 17.8. The van der Waals surface area contributed by atoms with Crippen LogP contribution < -0.4 is 5.32 Å². The molecule has 0 spiro atoms. The molecule has 0 bridgehead atoms. The van der Waals surface area contributed by atoms with E-state index in [1.807, 2.05) is 48.5 Å². The summed E-state index contributed by atoms with van der Waals surface area (Å²) in [4.78, 5) is 43.7. The van der Waals surface area contributed by atoms with Gasteiger partial charge in [-0.3, -0.25) is 9.59 Å². The molecule has 0 fully saturated rings. The number of nitrogens with one attached hydrogen (secondary N) is 1. The third kappa shape index (κ3) is 4.64. The van der Waals surface area contributed by atoms with Gasteiger partial charge in [-0.15, -0.1) is 11.3 Å². The van der Waals surface area contributed by atoms with Gasteiger partial charge in [0, 0.05) is 36.4 Å². The fraction of sp³-hybridized carbons (Fsp3) is 0.217. The number of carbonyl (C=O) groups excluding carboxylic acids is 3. The number of nitrogens with zero attached hydrogens (tertiary/aromatic N) is 2. The minimum atomic E-state index is -0.539. The molecule has 3 aromatic rings. The Morgan fingerprint density at radius 2 is 1.87 bits per heavy atom. The highest BCUT2D eigenvalue weighted by Gasteiger charge is 2.27. The number of fused-ring (bicyclic) bond motifs is 1. The molecule has 2 aromatic carbocycles. The van der Waals surface area contributed by atoms with Crippen molar-refractivity contribution in [1.29, 1.82) is 0 Å². The molecule has 1 N–H and O–H groups in total. The lowest BCUT2D eigenvalue weighted by Gasteiger charge is -2.14. The number of amides is 2. The molecular formula is C23H21N3O4S. The number of thiazole rings is 1. The van der Waals surface area contributed by atoms with Gasteiger partial charge in [-0.05, 0) is 17.2 Å². The summed E-state index contributed by atoms with van der Waals surface area (Å²) in [6.45, 7) is 0.818. The van der Waals surface area contributed by atoms with E-state index in [1.165, 1.54) is 18.4 Å². The minimum Gasteiger partial charge on any atom is -0.464 e. The molecule has 2 heterocycles. The lowest BCUT2D eigenvalue weighted by Crippen LogP contribution is -2.28. The number of hydrogen-bond donors (Lipinski definition) is 1. The second-order valence-electron chi connectivity index (χ2n) is 7.13. The summed E-state index contributed by atoms with van der Waals surface area (Å²) in [5.41, 5.74) is 2.90. The molecule has 0 aliphatic carbocycles. The molecule has 1 aliphatic rings. The maximum atomic E-state index is 12.5. The van der Waals surface area contributed by atoms with Gasteiger partial charge >= 0.3 is 5.97 Å². The van der Waals surface area contributed by atoms with Crippen LogP contribution in [0, 0.1) is 0 Å². The molecule has 0 radical (unpaired) electrons. The van der Waals surface area contributed by atoms with E-state index in [0.717, 1.165) is 16.0 Å². The standard InChI is InChI=1S/C23H21N3O4S/c1-30-22(29)20-18(13-15-7-3-2-4-8-15)31-23(25-20)24-19(27)11-12-26-14-16-9-5-6-10-17(16)21(26)28/h2-10H,11-14H2,1H3,(H,24,25,27). The summed E-state index contributed by atoms with van der Waals surface area (Å²) in [5, 5.41) is 3.09. The average Bonchev–Trinajstić information content (AvgIpc) is 3.33. The zero-order chi connectivity index (χ0) is 21.8. The van der Waals surface area contributed by atoms with Gasteiger partial charge in [0.15, 0.2) is 10.8 Å². The fourth-order valence-corrected chi connectivity index (χ4v) is 4.48. The number of benzene rings is 2. The van der Waals surface area contributed by atoms with E-state index in [1.54, 1.807) is 11.0 Å². The Balaban J connectivity index is 1.40. The van der Waals surface area contributed by atoms with Crippen LogP contribution >= 0.6 is 11.3 Å². The lowest BCUT2D eigenvalue weighted by molar-refractivity contribution is -0.116. The highest BCUT2D eigenvalue weighted by molar-refractivity contribution is 7.16. The third-order valence-electron chi connectivity index (χ3n) is 5.03. The Morgan fingerprint density at radius 1 is 1.13 bits per heavy atom. The van der Waals surface area contributed by atoms with Crippen molar-refractivity contribution in [3.8, 4) is 0 Å². The number of esters is 1. The quantitative estimate of drug-likeness (QED) is 0.574. The first-order chi connectivity index (χ1) is 15.0. The summed E-state index contributed by atoms with van der Waals surface area (Å²) in [7, 11) is 1.30. The van der Waals surface area contributed by atoms with Crippen LogP contribution in [0.5, 0.6) is 0 Å². The van der Waals surface area contributed by atoms with Crippen LogP contribution in [0.2, 0.25) is 0 Å². The van der Waals surface area contributed by atoms with Gasteiger partial charge in [-0.1, -0.05) is 48.5 Å². The largest absolute Gasteiger partial charge is 0.464 e. The van der Waals surface area contributed by atoms with Crippen molar-refractivity contribution < 1.29 is 19.1 Å². The Kier molecular flexibility index (Phi) is 6.08. The Bertz CT molecular complexity index is 1130. The van der Waals surface area contributed by atoms with Gasteiger partial charge in [0.1, 0.15) is 0 Å². The van der Waals surface area contributed by atoms with Crippen molar-refractivity contribution in [1.82, 2.24) is 9.88 Å². The monoisotopic (exact) mass is 435 g/mol. The predicted octanol–water partition coefficient (Wildman–Crippen LogP) is 3.51. The maximum Gasteiger partial charge on any atom is 0.357 e. The van der Waals surface area contributed by atoms with E-state index in [9.17, 15) is 14.4 Å². The van der Waals surface area contributed by atoms with E-state index < -0.39 is 5.97 Å². The van der Waals surface area contributed by atoms with E-state index in [0.29, 0.717) is 30.2 Å². The van der Waals surface area contributed by atoms with Crippen LogP contribution in [0.3, 0.4) is 0 Å². The molecule has 1 aromatic heterocycles. The predicted molar refractivity (Wildman–Crippen MR) is 117 cm³/mol. The van der Waals surface area contributed by atoms with E-state index in [-0.39, 0.29) is 23.9 Å². The number of rotatable bonds is 7. The first kappa shape index (κ1) is 20.7. The van der Waals surface area contributed by atoms with Crippen LogP contribution in [0.4, 0.5) is 5.13 Å². The molecule has 31 heavy (non-hydrogen) atoms. The van der Waals surface area contributed by atoms with E-state index in [4.69, 9.17) is 4.74 Å². The summed E-state index contributed by atoms with van der Waals surface area (Å²) in [5.74, 6) is -0.862. The molecule has 0 saturated carbocycles. The van der Waals surface area contributed by atoms with E-state index >= 15 is 0 Å². The van der Waals surface area contributed by atoms with Crippen molar-refractivity contribution in [3.63, 3.8) is 0 Å². The smallest absolute Gasteiger partial charge is 0.357 e. The minimum absolute atomic E-state index is 0.0595. The van der Waals surface area contributed by atoms with Crippen molar-refractivity contribution in [3.05, 3.63) is 81.9 Å². The van der Waals surface area contributed by atoms with Crippen LogP contribution in [-0.2, 0) is 22.5 Å². The van der Waals surface area contributed by atoms with Gasteiger partial charge in [-0.2, -0.15) is 0 Å². The lowest BCUT2D eigenvalue weighted by atomic mass is 10.1. The number of methoxy groups -OCH3 is 1. The van der Waals surface area contributed by atoms with Crippen LogP contribution in [-0.4, -0.2) is 41.3 Å². The number of anilines is 1. The molecule has 2 amide bonds. The van der Waals surface area contributed by atoms with Gasteiger partial charge in [0.05, 0.1) is 7.11 Å². The van der Waals surface area contributed by atoms with Gasteiger partial charge in [-0.25, -0.2) is 9.78 Å². The number of ether oxygens (including phenoxy) is 1. The van der Waals surface area contributed by atoms with Crippen LogP contribution in [0.25, 0.3) is 0 Å². The Hall–Kier alpha value is -3.52. The number of aromatic nitrogens is 1. The van der Waals surface area contributed by atoms with Crippen LogP contribution in [0.15, 0.2) is 54.6 Å². The topological polar surface area (TPSA) is 88.6 Å². The first-order valence-corrected chi connectivity index (χ1v) is 10.7. The molecule has 0 unspecified atom stereocenters. The second kappa shape index (κ2) is 9.09. The SMILES string of the molecule is COC(=O)c1nc(NC(=O)CCN2Cc3ccccc3C2=O)sc1Cc1ccccc1. The van der Waals surface area contributed by atoms with Crippen LogP contribution in [0.1, 0.15) is 43.3 Å². The average molecular weight is 436 g/mol. The maximum absolute atomic E-state index is 12.5. The third-order valence-corrected chi connectivity index (χ3v) is 6.01. The normalized spacial score (nSPS) is 12.5. The van der Waals surface area contributed by atoms with Crippen molar-refractivity contribution in [2.24, 2.45) is 0 Å². The molecule has 158 valence electrons. The van der Waals surface area contributed by atoms with Gasteiger partial charge in [0.25, 0.3) is 5.91 Å². The summed E-state index contributed by atoms with van der Waals surface area (Å²) in [6.07, 6.45) is 0.653. The van der Waals surface area contributed by atoms with Crippen molar-refractivity contribution in [2.75, 3.05) is 19.0 Å². The highest BCUT2D eigenvalue weighted by Crippen LogP contribution is 2.27. The summed E-state index contributed by atoms with van der Waals surface area (Å²) < 4.78 is 4.84.